The number of carbonyl (C=O) groups is 1. The molecule has 1 aromatic rings. The summed E-state index contributed by atoms with van der Waals surface area (Å²) in [5.41, 5.74) is 6.50. The van der Waals surface area contributed by atoms with Gasteiger partial charge in [-0.2, -0.15) is 0 Å². The zero-order valence-electron chi connectivity index (χ0n) is 11.7. The van der Waals surface area contributed by atoms with Crippen LogP contribution in [0.3, 0.4) is 0 Å². The first-order chi connectivity index (χ1) is 9.06. The van der Waals surface area contributed by atoms with E-state index in [0.29, 0.717) is 24.5 Å². The summed E-state index contributed by atoms with van der Waals surface area (Å²) in [6.07, 6.45) is 3.04. The van der Waals surface area contributed by atoms with Gasteiger partial charge in [0.05, 0.1) is 11.7 Å². The Labute approximate surface area is 113 Å². The summed E-state index contributed by atoms with van der Waals surface area (Å²) < 4.78 is 4.94. The summed E-state index contributed by atoms with van der Waals surface area (Å²) >= 11 is 0. The molecule has 1 atom stereocenters. The van der Waals surface area contributed by atoms with Gasteiger partial charge >= 0.3 is 0 Å². The lowest BCUT2D eigenvalue weighted by molar-refractivity contribution is -0.117. The van der Waals surface area contributed by atoms with Gasteiger partial charge in [0.15, 0.2) is 5.82 Å². The van der Waals surface area contributed by atoms with Crippen molar-refractivity contribution in [2.24, 2.45) is 5.73 Å². The molecule has 0 saturated heterocycles. The van der Waals surface area contributed by atoms with E-state index in [2.05, 4.69) is 10.3 Å². The highest BCUT2D eigenvalue weighted by Gasteiger charge is 2.15. The number of pyridine rings is 1. The molecule has 1 rings (SSSR count). The minimum atomic E-state index is -0.537. The van der Waals surface area contributed by atoms with Gasteiger partial charge in [-0.15, -0.1) is 0 Å². The monoisotopic (exact) mass is 266 g/mol. The van der Waals surface area contributed by atoms with Crippen LogP contribution in [-0.2, 0) is 9.53 Å². The average molecular weight is 266 g/mol. The summed E-state index contributed by atoms with van der Waals surface area (Å²) in [6, 6.07) is 3.05. The van der Waals surface area contributed by atoms with Crippen LogP contribution in [0.15, 0.2) is 18.3 Å². The first kappa shape index (κ1) is 15.4. The Hall–Kier alpha value is -1.66. The number of nitrogens with one attached hydrogen (secondary N) is 1. The van der Waals surface area contributed by atoms with E-state index >= 15 is 0 Å². The van der Waals surface area contributed by atoms with Gasteiger partial charge in [-0.25, -0.2) is 4.98 Å². The third kappa shape index (κ3) is 4.84. The number of carbonyl (C=O) groups excluding carboxylic acids is 1. The topological polar surface area (TPSA) is 80.5 Å². The van der Waals surface area contributed by atoms with Gasteiger partial charge in [0.1, 0.15) is 0 Å². The number of amides is 1. The van der Waals surface area contributed by atoms with E-state index in [1.54, 1.807) is 19.4 Å². The lowest BCUT2D eigenvalue weighted by Gasteiger charge is -2.18. The van der Waals surface area contributed by atoms with Crippen LogP contribution in [0.4, 0.5) is 11.5 Å². The molecule has 0 aromatic carbocycles. The minimum absolute atomic E-state index is 0.202. The number of ether oxygens (including phenoxy) is 1. The summed E-state index contributed by atoms with van der Waals surface area (Å²) in [6.45, 7) is 0.608. The largest absolute Gasteiger partial charge is 0.385 e. The molecule has 1 unspecified atom stereocenters. The van der Waals surface area contributed by atoms with Crippen LogP contribution >= 0.6 is 0 Å². The highest BCUT2D eigenvalue weighted by Crippen LogP contribution is 2.20. The molecule has 0 radical (unpaired) electrons. The molecular formula is C13H22N4O2. The van der Waals surface area contributed by atoms with Crippen LogP contribution in [-0.4, -0.2) is 44.7 Å². The average Bonchev–Trinajstić information content (AvgIpc) is 2.39. The molecule has 1 heterocycles. The van der Waals surface area contributed by atoms with Crippen molar-refractivity contribution in [2.75, 3.05) is 38.0 Å². The smallest absolute Gasteiger partial charge is 0.241 e. The fraction of sp³-hybridized carbons (Fsp3) is 0.538. The van der Waals surface area contributed by atoms with Crippen molar-refractivity contribution in [1.29, 1.82) is 0 Å². The SMILES string of the molecule is COCCCC(N)C(=O)Nc1cccnc1N(C)C. The first-order valence-electron chi connectivity index (χ1n) is 6.24. The molecule has 0 saturated carbocycles. The molecule has 0 aliphatic carbocycles. The molecular weight excluding hydrogens is 244 g/mol. The van der Waals surface area contributed by atoms with Crippen molar-refractivity contribution in [2.45, 2.75) is 18.9 Å². The fourth-order valence-corrected chi connectivity index (χ4v) is 1.66. The lowest BCUT2D eigenvalue weighted by atomic mass is 10.1. The van der Waals surface area contributed by atoms with Gasteiger partial charge in [-0.05, 0) is 25.0 Å². The zero-order valence-corrected chi connectivity index (χ0v) is 11.7. The summed E-state index contributed by atoms with van der Waals surface area (Å²) in [4.78, 5) is 18.0. The highest BCUT2D eigenvalue weighted by molar-refractivity contribution is 5.96. The molecule has 6 heteroatoms. The molecule has 0 aliphatic rings. The third-order valence-corrected chi connectivity index (χ3v) is 2.67. The molecule has 3 N–H and O–H groups in total. The highest BCUT2D eigenvalue weighted by atomic mass is 16.5. The number of anilines is 2. The number of methoxy groups -OCH3 is 1. The Morgan fingerprint density at radius 3 is 2.95 bits per heavy atom. The van der Waals surface area contributed by atoms with Crippen molar-refractivity contribution in [3.8, 4) is 0 Å². The second-order valence-corrected chi connectivity index (χ2v) is 4.50. The van der Waals surface area contributed by atoms with Crippen LogP contribution in [0, 0.1) is 0 Å². The van der Waals surface area contributed by atoms with Crippen LogP contribution < -0.4 is 16.0 Å². The van der Waals surface area contributed by atoms with Crippen LogP contribution in [0.1, 0.15) is 12.8 Å². The maximum absolute atomic E-state index is 12.0. The Morgan fingerprint density at radius 1 is 1.58 bits per heavy atom. The normalized spacial score (nSPS) is 12.0. The number of hydrogen-bond acceptors (Lipinski definition) is 5. The number of nitrogens with zero attached hydrogens (tertiary/aromatic N) is 2. The Bertz CT molecular complexity index is 409. The van der Waals surface area contributed by atoms with Gasteiger partial charge in [-0.1, -0.05) is 0 Å². The van der Waals surface area contributed by atoms with Gasteiger partial charge in [0.2, 0.25) is 5.91 Å². The fourth-order valence-electron chi connectivity index (χ4n) is 1.66. The summed E-state index contributed by atoms with van der Waals surface area (Å²) in [5.74, 6) is 0.507. The Balaban J connectivity index is 2.61. The van der Waals surface area contributed by atoms with E-state index < -0.39 is 6.04 Å². The van der Waals surface area contributed by atoms with E-state index in [1.807, 2.05) is 25.1 Å². The van der Waals surface area contributed by atoms with Crippen molar-refractivity contribution in [1.82, 2.24) is 4.98 Å². The Morgan fingerprint density at radius 2 is 2.32 bits per heavy atom. The molecule has 6 nitrogen and oxygen atoms in total. The Kier molecular flexibility index (Phi) is 6.24. The van der Waals surface area contributed by atoms with Crippen molar-refractivity contribution in [3.05, 3.63) is 18.3 Å². The van der Waals surface area contributed by atoms with Gasteiger partial charge in [-0.3, -0.25) is 4.79 Å². The van der Waals surface area contributed by atoms with Gasteiger partial charge < -0.3 is 20.7 Å². The van der Waals surface area contributed by atoms with Crippen LogP contribution in [0.25, 0.3) is 0 Å². The maximum atomic E-state index is 12.0. The first-order valence-corrected chi connectivity index (χ1v) is 6.24. The standard InChI is InChI=1S/C13H22N4O2/c1-17(2)12-11(7-4-8-15-12)16-13(18)10(14)6-5-9-19-3/h4,7-8,10H,5-6,9,14H2,1-3H3,(H,16,18). The van der Waals surface area contributed by atoms with Gasteiger partial charge in [0.25, 0.3) is 0 Å². The summed E-state index contributed by atoms with van der Waals surface area (Å²) in [7, 11) is 5.37. The predicted molar refractivity (Wildman–Crippen MR) is 76.3 cm³/mol. The van der Waals surface area contributed by atoms with E-state index in [-0.39, 0.29) is 5.91 Å². The molecule has 19 heavy (non-hydrogen) atoms. The number of aromatic nitrogens is 1. The minimum Gasteiger partial charge on any atom is -0.385 e. The van der Waals surface area contributed by atoms with Crippen molar-refractivity contribution in [3.63, 3.8) is 0 Å². The molecule has 1 aromatic heterocycles. The molecule has 0 aliphatic heterocycles. The zero-order chi connectivity index (χ0) is 14.3. The molecule has 1 amide bonds. The van der Waals surface area contributed by atoms with E-state index in [9.17, 15) is 4.79 Å². The van der Waals surface area contributed by atoms with Crippen molar-refractivity contribution < 1.29 is 9.53 Å². The molecule has 0 fully saturated rings. The van der Waals surface area contributed by atoms with Crippen LogP contribution in [0.5, 0.6) is 0 Å². The van der Waals surface area contributed by atoms with Crippen LogP contribution in [0.2, 0.25) is 0 Å². The van der Waals surface area contributed by atoms with E-state index in [1.165, 1.54) is 0 Å². The number of rotatable bonds is 7. The maximum Gasteiger partial charge on any atom is 0.241 e. The number of hydrogen-bond donors (Lipinski definition) is 2. The van der Waals surface area contributed by atoms with E-state index in [4.69, 9.17) is 10.5 Å². The van der Waals surface area contributed by atoms with Crippen molar-refractivity contribution >= 4 is 17.4 Å². The second-order valence-electron chi connectivity index (χ2n) is 4.50. The third-order valence-electron chi connectivity index (χ3n) is 2.67. The molecule has 106 valence electrons. The predicted octanol–water partition coefficient (Wildman–Crippen LogP) is 0.840. The van der Waals surface area contributed by atoms with E-state index in [0.717, 1.165) is 6.42 Å². The second kappa shape index (κ2) is 7.70. The molecule has 0 bridgehead atoms. The lowest BCUT2D eigenvalue weighted by Crippen LogP contribution is -2.36. The van der Waals surface area contributed by atoms with Gasteiger partial charge in [0, 0.05) is 34.0 Å². The molecule has 0 spiro atoms. The quantitative estimate of drug-likeness (QED) is 0.715. The number of nitrogens with two attached hydrogens (primary N) is 1. The summed E-state index contributed by atoms with van der Waals surface area (Å²) in [5, 5.41) is 2.81.